The van der Waals surface area contributed by atoms with Gasteiger partial charge in [0.05, 0.1) is 12.4 Å². The molecule has 30 heavy (non-hydrogen) atoms. The number of carbonyl (C=O) groups is 2. The highest BCUT2D eigenvalue weighted by Crippen LogP contribution is 2.26. The number of esters is 1. The molecule has 156 valence electrons. The number of hydrogen-bond donors (Lipinski definition) is 1. The van der Waals surface area contributed by atoms with Crippen LogP contribution in [-0.4, -0.2) is 41.0 Å². The highest BCUT2D eigenvalue weighted by Gasteiger charge is 2.11. The molecule has 0 fully saturated rings. The molecular weight excluding hydrogens is 426 g/mol. The van der Waals surface area contributed by atoms with Gasteiger partial charge >= 0.3 is 5.97 Å². The first-order chi connectivity index (χ1) is 14.6. The number of nitrogens with zero attached hydrogens (tertiary/aromatic N) is 2. The van der Waals surface area contributed by atoms with Crippen LogP contribution in [0.2, 0.25) is 0 Å². The number of carbonyl (C=O) groups excluding carboxylic acids is 2. The molecule has 0 radical (unpaired) electrons. The summed E-state index contributed by atoms with van der Waals surface area (Å²) in [5.41, 5.74) is 0. The second kappa shape index (κ2) is 11.2. The van der Waals surface area contributed by atoms with Gasteiger partial charge in [-0.05, 0) is 43.3 Å². The van der Waals surface area contributed by atoms with Crippen molar-refractivity contribution in [2.75, 3.05) is 24.3 Å². The first-order valence-electron chi connectivity index (χ1n) is 9.00. The van der Waals surface area contributed by atoms with E-state index in [1.54, 1.807) is 31.2 Å². The largest absolute Gasteiger partial charge is 0.484 e. The Bertz CT molecular complexity index is 964. The summed E-state index contributed by atoms with van der Waals surface area (Å²) in [5, 5.41) is 10.7. The third-order valence-electron chi connectivity index (χ3n) is 3.44. The van der Waals surface area contributed by atoms with Crippen molar-refractivity contribution in [2.45, 2.75) is 11.3 Å². The Kier molecular flexibility index (Phi) is 8.04. The number of rotatable bonds is 10. The molecule has 0 unspecified atom stereocenters. The van der Waals surface area contributed by atoms with E-state index in [1.807, 2.05) is 30.3 Å². The Morgan fingerprint density at radius 2 is 1.70 bits per heavy atom. The van der Waals surface area contributed by atoms with E-state index in [1.165, 1.54) is 23.1 Å². The van der Waals surface area contributed by atoms with Gasteiger partial charge in [0.1, 0.15) is 17.2 Å². The van der Waals surface area contributed by atoms with Crippen molar-refractivity contribution in [2.24, 2.45) is 0 Å². The number of benzene rings is 2. The van der Waals surface area contributed by atoms with Crippen molar-refractivity contribution >= 4 is 40.1 Å². The first-order valence-corrected chi connectivity index (χ1v) is 10.8. The summed E-state index contributed by atoms with van der Waals surface area (Å²) in [6.45, 7) is 1.90. The normalized spacial score (nSPS) is 10.3. The summed E-state index contributed by atoms with van der Waals surface area (Å²) in [6, 6.07) is 16.4. The maximum atomic E-state index is 12.1. The number of aromatic nitrogens is 2. The predicted octanol–water partition coefficient (Wildman–Crippen LogP) is 4.00. The summed E-state index contributed by atoms with van der Waals surface area (Å²) in [5.74, 6) is 1.40. The van der Waals surface area contributed by atoms with Crippen LogP contribution in [0.15, 0.2) is 58.9 Å². The molecule has 0 atom stereocenters. The molecule has 1 amide bonds. The molecule has 3 aromatic rings. The molecule has 0 aliphatic rings. The molecule has 1 N–H and O–H groups in total. The molecular formula is C20H19N3O5S2. The molecule has 3 rings (SSSR count). The van der Waals surface area contributed by atoms with Crippen LogP contribution < -0.4 is 14.8 Å². The van der Waals surface area contributed by atoms with Crippen LogP contribution >= 0.6 is 23.1 Å². The zero-order chi connectivity index (χ0) is 21.2. The average Bonchev–Trinajstić information content (AvgIpc) is 3.20. The summed E-state index contributed by atoms with van der Waals surface area (Å²) in [7, 11) is 0. The molecule has 0 aliphatic heterocycles. The molecule has 0 spiro atoms. The number of nitrogens with one attached hydrogen (secondary N) is 1. The summed E-state index contributed by atoms with van der Waals surface area (Å²) in [6.07, 6.45) is 0. The minimum atomic E-state index is -0.363. The van der Waals surface area contributed by atoms with Crippen LogP contribution in [0.1, 0.15) is 6.92 Å². The van der Waals surface area contributed by atoms with Crippen molar-refractivity contribution in [3.05, 3.63) is 54.6 Å². The Morgan fingerprint density at radius 1 is 1.00 bits per heavy atom. The van der Waals surface area contributed by atoms with Crippen LogP contribution in [0.5, 0.6) is 17.2 Å². The number of para-hydroxylation sites is 1. The van der Waals surface area contributed by atoms with Gasteiger partial charge in [-0.2, -0.15) is 0 Å². The fourth-order valence-electron chi connectivity index (χ4n) is 2.17. The van der Waals surface area contributed by atoms with Gasteiger partial charge < -0.3 is 14.2 Å². The first kappa shape index (κ1) is 21.6. The monoisotopic (exact) mass is 445 g/mol. The van der Waals surface area contributed by atoms with E-state index >= 15 is 0 Å². The fourth-order valence-corrected chi connectivity index (χ4v) is 3.74. The summed E-state index contributed by atoms with van der Waals surface area (Å²) in [4.78, 5) is 23.4. The summed E-state index contributed by atoms with van der Waals surface area (Å²) < 4.78 is 16.6. The Balaban J connectivity index is 1.42. The quantitative estimate of drug-likeness (QED) is 0.284. The molecule has 10 heteroatoms. The van der Waals surface area contributed by atoms with E-state index < -0.39 is 0 Å². The van der Waals surface area contributed by atoms with Crippen molar-refractivity contribution in [3.8, 4) is 17.2 Å². The molecule has 1 heterocycles. The second-order valence-electron chi connectivity index (χ2n) is 5.69. The second-order valence-corrected chi connectivity index (χ2v) is 7.89. The fraction of sp³-hybridized carbons (Fsp3) is 0.200. The number of thioether (sulfide) groups is 1. The Labute approximate surface area is 181 Å². The van der Waals surface area contributed by atoms with Crippen molar-refractivity contribution in [1.82, 2.24) is 10.2 Å². The lowest BCUT2D eigenvalue weighted by molar-refractivity contribution is -0.139. The molecule has 0 saturated heterocycles. The number of hydrogen-bond acceptors (Lipinski definition) is 9. The van der Waals surface area contributed by atoms with Gasteiger partial charge in [-0.15, -0.1) is 10.2 Å². The van der Waals surface area contributed by atoms with Crippen LogP contribution in [-0.2, 0) is 14.3 Å². The van der Waals surface area contributed by atoms with Crippen molar-refractivity contribution < 1.29 is 23.8 Å². The topological polar surface area (TPSA) is 99.6 Å². The van der Waals surface area contributed by atoms with E-state index in [0.29, 0.717) is 27.6 Å². The Morgan fingerprint density at radius 3 is 2.43 bits per heavy atom. The number of anilines is 1. The summed E-state index contributed by atoms with van der Waals surface area (Å²) >= 11 is 2.38. The van der Waals surface area contributed by atoms with Gasteiger partial charge in [0.2, 0.25) is 5.13 Å². The highest BCUT2D eigenvalue weighted by atomic mass is 32.2. The van der Waals surface area contributed by atoms with Gasteiger partial charge in [0.15, 0.2) is 10.9 Å². The molecule has 1 aromatic heterocycles. The maximum Gasteiger partial charge on any atom is 0.316 e. The predicted molar refractivity (Wildman–Crippen MR) is 114 cm³/mol. The minimum Gasteiger partial charge on any atom is -0.484 e. The van der Waals surface area contributed by atoms with Crippen molar-refractivity contribution in [3.63, 3.8) is 0 Å². The van der Waals surface area contributed by atoms with E-state index in [-0.39, 0.29) is 24.2 Å². The zero-order valence-electron chi connectivity index (χ0n) is 16.1. The van der Waals surface area contributed by atoms with Gasteiger partial charge in [-0.1, -0.05) is 41.3 Å². The molecule has 0 aliphatic carbocycles. The Hall–Kier alpha value is -3.11. The molecule has 0 saturated carbocycles. The van der Waals surface area contributed by atoms with E-state index in [9.17, 15) is 9.59 Å². The minimum absolute atomic E-state index is 0.142. The van der Waals surface area contributed by atoms with Gasteiger partial charge in [-0.3, -0.25) is 14.9 Å². The smallest absolute Gasteiger partial charge is 0.316 e. The van der Waals surface area contributed by atoms with Crippen LogP contribution in [0, 0.1) is 0 Å². The van der Waals surface area contributed by atoms with Gasteiger partial charge in [-0.25, -0.2) is 0 Å². The van der Waals surface area contributed by atoms with E-state index in [4.69, 9.17) is 14.2 Å². The maximum absolute atomic E-state index is 12.1. The van der Waals surface area contributed by atoms with E-state index in [2.05, 4.69) is 15.5 Å². The van der Waals surface area contributed by atoms with E-state index in [0.717, 1.165) is 5.75 Å². The number of ether oxygens (including phenoxy) is 3. The lowest BCUT2D eigenvalue weighted by atomic mass is 10.3. The molecule has 2 aromatic carbocycles. The zero-order valence-corrected chi connectivity index (χ0v) is 17.7. The van der Waals surface area contributed by atoms with Crippen LogP contribution in [0.4, 0.5) is 5.13 Å². The third kappa shape index (κ3) is 7.05. The van der Waals surface area contributed by atoms with Gasteiger partial charge in [0.25, 0.3) is 5.91 Å². The third-order valence-corrected chi connectivity index (χ3v) is 5.39. The lowest BCUT2D eigenvalue weighted by Gasteiger charge is -2.08. The highest BCUT2D eigenvalue weighted by molar-refractivity contribution is 8.01. The average molecular weight is 446 g/mol. The number of amides is 1. The van der Waals surface area contributed by atoms with Crippen molar-refractivity contribution in [1.29, 1.82) is 0 Å². The molecule has 8 nitrogen and oxygen atoms in total. The lowest BCUT2D eigenvalue weighted by Crippen LogP contribution is -2.20. The standard InChI is InChI=1S/C20H19N3O5S2/c1-2-26-18(25)13-29-20-23-22-19(30-20)21-17(24)12-27-14-8-10-16(11-9-14)28-15-6-4-3-5-7-15/h3-11H,2,12-13H2,1H3,(H,21,22,24). The van der Waals surface area contributed by atoms with Crippen LogP contribution in [0.3, 0.4) is 0 Å². The molecule has 0 bridgehead atoms. The van der Waals surface area contributed by atoms with Gasteiger partial charge in [0, 0.05) is 0 Å². The SMILES string of the molecule is CCOC(=O)CSc1nnc(NC(=O)COc2ccc(Oc3ccccc3)cc2)s1. The van der Waals surface area contributed by atoms with Crippen LogP contribution in [0.25, 0.3) is 0 Å².